The summed E-state index contributed by atoms with van der Waals surface area (Å²) in [5.74, 6) is -0.738. The van der Waals surface area contributed by atoms with Crippen molar-refractivity contribution in [3.05, 3.63) is 36.2 Å². The molecule has 3 rings (SSSR count). The maximum Gasteiger partial charge on any atom is 0.420 e. The number of hydrogen-bond donors (Lipinski definition) is 1. The van der Waals surface area contributed by atoms with Gasteiger partial charge in [0.1, 0.15) is 11.6 Å². The van der Waals surface area contributed by atoms with Gasteiger partial charge in [-0.2, -0.15) is 13.2 Å². The average Bonchev–Trinajstić information content (AvgIpc) is 3.16. The molecule has 1 fully saturated rings. The van der Waals surface area contributed by atoms with E-state index >= 15 is 0 Å². The fourth-order valence-corrected chi connectivity index (χ4v) is 3.38. The van der Waals surface area contributed by atoms with Crippen LogP contribution in [0.15, 0.2) is 30.6 Å². The number of aromatic nitrogens is 3. The highest BCUT2D eigenvalue weighted by Gasteiger charge is 2.35. The van der Waals surface area contributed by atoms with Crippen molar-refractivity contribution < 1.29 is 22.8 Å². The van der Waals surface area contributed by atoms with Crippen LogP contribution in [0.3, 0.4) is 0 Å². The van der Waals surface area contributed by atoms with Crippen LogP contribution in [-0.2, 0) is 15.8 Å². The van der Waals surface area contributed by atoms with Crippen LogP contribution >= 0.6 is 0 Å². The monoisotopic (exact) mass is 409 g/mol. The minimum absolute atomic E-state index is 0.0683. The first-order chi connectivity index (χ1) is 13.8. The number of hydrogen-bond acceptors (Lipinski definition) is 4. The maximum absolute atomic E-state index is 13.2. The molecule has 1 N–H and O–H groups in total. The fraction of sp³-hybridized carbons (Fsp3) is 0.474. The van der Waals surface area contributed by atoms with Gasteiger partial charge in [-0.05, 0) is 37.8 Å². The number of carbonyl (C=O) groups is 2. The van der Waals surface area contributed by atoms with Crippen LogP contribution in [0.5, 0.6) is 0 Å². The second kappa shape index (κ2) is 8.62. The second-order valence-corrected chi connectivity index (χ2v) is 6.86. The molecule has 156 valence electrons. The van der Waals surface area contributed by atoms with E-state index in [1.165, 1.54) is 24.5 Å². The molecule has 7 nitrogen and oxygen atoms in total. The van der Waals surface area contributed by atoms with E-state index in [2.05, 4.69) is 15.4 Å². The summed E-state index contributed by atoms with van der Waals surface area (Å²) in [7, 11) is 0. The molecule has 0 saturated carbocycles. The van der Waals surface area contributed by atoms with Crippen LogP contribution in [0.4, 0.5) is 19.0 Å². The van der Waals surface area contributed by atoms with Crippen molar-refractivity contribution in [1.29, 1.82) is 0 Å². The van der Waals surface area contributed by atoms with Gasteiger partial charge in [0.25, 0.3) is 0 Å². The van der Waals surface area contributed by atoms with Gasteiger partial charge in [0.2, 0.25) is 11.8 Å². The first-order valence-corrected chi connectivity index (χ1v) is 9.50. The van der Waals surface area contributed by atoms with Gasteiger partial charge in [0.05, 0.1) is 0 Å². The first-order valence-electron chi connectivity index (χ1n) is 9.50. The summed E-state index contributed by atoms with van der Waals surface area (Å²) in [5, 5.41) is 6.63. The summed E-state index contributed by atoms with van der Waals surface area (Å²) in [6.07, 6.45) is 1.23. The molecule has 0 aromatic carbocycles. The number of nitrogens with zero attached hydrogens (tertiary/aromatic N) is 4. The molecule has 0 bridgehead atoms. The molecule has 1 saturated heterocycles. The summed E-state index contributed by atoms with van der Waals surface area (Å²) >= 11 is 0. The predicted molar refractivity (Wildman–Crippen MR) is 99.3 cm³/mol. The molecule has 1 aliphatic heterocycles. The summed E-state index contributed by atoms with van der Waals surface area (Å²) in [6, 6.07) is 2.91. The van der Waals surface area contributed by atoms with Crippen LogP contribution in [0.1, 0.15) is 44.6 Å². The van der Waals surface area contributed by atoms with E-state index in [4.69, 9.17) is 0 Å². The number of piperidine rings is 1. The van der Waals surface area contributed by atoms with E-state index in [1.807, 2.05) is 6.92 Å². The van der Waals surface area contributed by atoms with Crippen LogP contribution in [0.2, 0.25) is 0 Å². The number of alkyl halides is 3. The summed E-state index contributed by atoms with van der Waals surface area (Å²) in [4.78, 5) is 30.4. The van der Waals surface area contributed by atoms with Gasteiger partial charge in [-0.15, -0.1) is 5.10 Å². The predicted octanol–water partition coefficient (Wildman–Crippen LogP) is 3.41. The van der Waals surface area contributed by atoms with Gasteiger partial charge in [-0.1, -0.05) is 6.92 Å². The normalized spacial score (nSPS) is 17.2. The van der Waals surface area contributed by atoms with Crippen molar-refractivity contribution in [2.75, 3.05) is 11.9 Å². The van der Waals surface area contributed by atoms with E-state index in [0.717, 1.165) is 23.6 Å². The zero-order valence-electron chi connectivity index (χ0n) is 15.9. The number of carbonyl (C=O) groups excluding carboxylic acids is 2. The van der Waals surface area contributed by atoms with Gasteiger partial charge in [-0.3, -0.25) is 9.59 Å². The Balaban J connectivity index is 1.76. The van der Waals surface area contributed by atoms with Gasteiger partial charge in [0, 0.05) is 31.4 Å². The van der Waals surface area contributed by atoms with Crippen LogP contribution in [-0.4, -0.2) is 44.1 Å². The second-order valence-electron chi connectivity index (χ2n) is 6.86. The van der Waals surface area contributed by atoms with Gasteiger partial charge in [-0.25, -0.2) is 9.67 Å². The summed E-state index contributed by atoms with van der Waals surface area (Å²) in [6.45, 7) is 2.42. The number of nitrogens with one attached hydrogen (secondary N) is 1. The van der Waals surface area contributed by atoms with E-state index in [9.17, 15) is 22.8 Å². The Morgan fingerprint density at radius 2 is 2.07 bits per heavy atom. The first kappa shape index (κ1) is 20.8. The van der Waals surface area contributed by atoms with Gasteiger partial charge >= 0.3 is 6.18 Å². The molecule has 29 heavy (non-hydrogen) atoms. The van der Waals surface area contributed by atoms with E-state index in [-0.39, 0.29) is 17.5 Å². The Hall–Kier alpha value is -2.91. The lowest BCUT2D eigenvalue weighted by Crippen LogP contribution is -2.50. The lowest BCUT2D eigenvalue weighted by Gasteiger charge is -2.34. The number of likely N-dealkylation sites (tertiary alicyclic amines) is 1. The molecular formula is C19H22F3N5O2. The molecule has 2 aromatic heterocycles. The molecule has 2 amide bonds. The van der Waals surface area contributed by atoms with Crippen molar-refractivity contribution in [2.45, 2.75) is 51.2 Å². The third kappa shape index (κ3) is 4.75. The smallest absolute Gasteiger partial charge is 0.331 e. The minimum Gasteiger partial charge on any atom is -0.331 e. The number of rotatable bonds is 5. The van der Waals surface area contributed by atoms with Crippen molar-refractivity contribution >= 4 is 17.6 Å². The van der Waals surface area contributed by atoms with Crippen molar-refractivity contribution in [1.82, 2.24) is 19.7 Å². The highest BCUT2D eigenvalue weighted by atomic mass is 19.4. The number of anilines is 1. The molecule has 2 aromatic rings. The molecule has 0 aliphatic carbocycles. The van der Waals surface area contributed by atoms with Crippen molar-refractivity contribution in [2.24, 2.45) is 0 Å². The van der Waals surface area contributed by atoms with E-state index < -0.39 is 23.7 Å². The molecule has 1 atom stereocenters. The fourth-order valence-electron chi connectivity index (χ4n) is 3.38. The number of amides is 2. The third-order valence-corrected chi connectivity index (χ3v) is 4.74. The number of pyridine rings is 1. The molecule has 3 heterocycles. The molecule has 0 spiro atoms. The maximum atomic E-state index is 13.2. The Morgan fingerprint density at radius 3 is 2.79 bits per heavy atom. The quantitative estimate of drug-likeness (QED) is 0.821. The highest BCUT2D eigenvalue weighted by Crippen LogP contribution is 2.32. The molecular weight excluding hydrogens is 387 g/mol. The Kier molecular flexibility index (Phi) is 6.19. The third-order valence-electron chi connectivity index (χ3n) is 4.74. The van der Waals surface area contributed by atoms with Crippen LogP contribution in [0, 0.1) is 0 Å². The van der Waals surface area contributed by atoms with Crippen LogP contribution < -0.4 is 5.32 Å². The van der Waals surface area contributed by atoms with Crippen molar-refractivity contribution in [3.8, 4) is 5.82 Å². The Bertz CT molecular complexity index is 881. The van der Waals surface area contributed by atoms with Gasteiger partial charge in [0.15, 0.2) is 11.6 Å². The largest absolute Gasteiger partial charge is 0.420 e. The average molecular weight is 409 g/mol. The zero-order chi connectivity index (χ0) is 21.0. The lowest BCUT2D eigenvalue weighted by molar-refractivity contribution is -0.140. The highest BCUT2D eigenvalue weighted by molar-refractivity contribution is 5.96. The molecule has 0 radical (unpaired) electrons. The van der Waals surface area contributed by atoms with Crippen molar-refractivity contribution in [3.63, 3.8) is 0 Å². The van der Waals surface area contributed by atoms with E-state index in [0.29, 0.717) is 25.8 Å². The topological polar surface area (TPSA) is 80.1 Å². The van der Waals surface area contributed by atoms with Crippen LogP contribution in [0.25, 0.3) is 5.82 Å². The molecule has 1 unspecified atom stereocenters. The van der Waals surface area contributed by atoms with E-state index in [1.54, 1.807) is 4.90 Å². The Labute approximate surface area is 165 Å². The number of halogens is 3. The standard InChI is InChI=1S/C19H22F3N5O2/c1-2-6-16(28)26-11-4-3-8-14(26)18(29)24-15-9-12-27(25-15)17-13(19(20,21)22)7-5-10-23-17/h5,7,9-10,12,14H,2-4,6,8,11H2,1H3,(H,24,25,29). The molecule has 1 aliphatic rings. The Morgan fingerprint density at radius 1 is 1.28 bits per heavy atom. The SMILES string of the molecule is CCCC(=O)N1CCCCC1C(=O)Nc1ccn(-c2ncccc2C(F)(F)F)n1. The summed E-state index contributed by atoms with van der Waals surface area (Å²) < 4.78 is 40.5. The summed E-state index contributed by atoms with van der Waals surface area (Å²) in [5.41, 5.74) is -0.926. The molecule has 10 heteroatoms. The minimum atomic E-state index is -4.58. The zero-order valence-corrected chi connectivity index (χ0v) is 15.9. The van der Waals surface area contributed by atoms with Gasteiger partial charge < -0.3 is 10.2 Å². The lowest BCUT2D eigenvalue weighted by atomic mass is 10.0.